The summed E-state index contributed by atoms with van der Waals surface area (Å²) in [6.07, 6.45) is 2.03. The molecule has 1 aromatic heterocycles. The zero-order chi connectivity index (χ0) is 15.7. The summed E-state index contributed by atoms with van der Waals surface area (Å²) in [6, 6.07) is 8.83. The van der Waals surface area contributed by atoms with Gasteiger partial charge in [-0.3, -0.25) is 0 Å². The van der Waals surface area contributed by atoms with Gasteiger partial charge < -0.3 is 10.8 Å². The monoisotopic (exact) mass is 294 g/mol. The van der Waals surface area contributed by atoms with Crippen LogP contribution in [-0.2, 0) is 0 Å². The molecule has 0 saturated heterocycles. The maximum atomic E-state index is 10.1. The lowest BCUT2D eigenvalue weighted by molar-refractivity contribution is 0.460. The highest BCUT2D eigenvalue weighted by Crippen LogP contribution is 2.37. The lowest BCUT2D eigenvalue weighted by atomic mass is 10.0. The molecule has 0 bridgehead atoms. The summed E-state index contributed by atoms with van der Waals surface area (Å²) in [7, 11) is 0. The van der Waals surface area contributed by atoms with Gasteiger partial charge in [0.1, 0.15) is 23.2 Å². The molecular weight excluding hydrogens is 280 g/mol. The molecule has 7 heteroatoms. The number of nitrogens with two attached hydrogens (primary N) is 1. The number of hydrogen-bond acceptors (Lipinski definition) is 7. The van der Waals surface area contributed by atoms with Gasteiger partial charge in [-0.15, -0.1) is 0 Å². The number of benzene rings is 1. The van der Waals surface area contributed by atoms with Gasteiger partial charge in [-0.25, -0.2) is 9.99 Å². The summed E-state index contributed by atoms with van der Waals surface area (Å²) < 4.78 is 0. The Hall–Kier alpha value is -3.14. The van der Waals surface area contributed by atoms with Crippen molar-refractivity contribution in [3.8, 4) is 11.8 Å². The van der Waals surface area contributed by atoms with Crippen molar-refractivity contribution in [2.75, 3.05) is 10.7 Å². The number of phenolic OH excluding ortho intramolecular Hbond substituents is 1. The third kappa shape index (κ3) is 2.31. The van der Waals surface area contributed by atoms with Crippen molar-refractivity contribution in [3.05, 3.63) is 41.6 Å². The van der Waals surface area contributed by atoms with E-state index in [2.05, 4.69) is 15.1 Å². The van der Waals surface area contributed by atoms with Crippen LogP contribution in [0.25, 0.3) is 0 Å². The van der Waals surface area contributed by atoms with E-state index >= 15 is 0 Å². The first-order chi connectivity index (χ1) is 10.6. The molecule has 0 saturated carbocycles. The van der Waals surface area contributed by atoms with Crippen LogP contribution in [0.3, 0.4) is 0 Å². The van der Waals surface area contributed by atoms with Gasteiger partial charge in [0.25, 0.3) is 0 Å². The van der Waals surface area contributed by atoms with Crippen LogP contribution in [0.2, 0.25) is 0 Å². The molecule has 1 aliphatic heterocycles. The SMILES string of the molecule is CC1=NN(c2ncc(C#N)c(N)n2)C(c2ccccc2O)C1. The molecule has 1 atom stereocenters. The summed E-state index contributed by atoms with van der Waals surface area (Å²) in [5.74, 6) is 0.619. The second kappa shape index (κ2) is 5.33. The summed E-state index contributed by atoms with van der Waals surface area (Å²) in [5.41, 5.74) is 7.62. The van der Waals surface area contributed by atoms with E-state index in [1.165, 1.54) is 6.20 Å². The number of aromatic hydroxyl groups is 1. The molecule has 0 aliphatic carbocycles. The molecule has 1 unspecified atom stereocenters. The fourth-order valence-corrected chi connectivity index (χ4v) is 2.44. The van der Waals surface area contributed by atoms with Crippen LogP contribution in [0.5, 0.6) is 5.75 Å². The number of nitriles is 1. The smallest absolute Gasteiger partial charge is 0.248 e. The van der Waals surface area contributed by atoms with Gasteiger partial charge >= 0.3 is 0 Å². The molecular formula is C15H14N6O. The van der Waals surface area contributed by atoms with Crippen molar-refractivity contribution in [1.29, 1.82) is 5.26 Å². The van der Waals surface area contributed by atoms with E-state index in [1.807, 2.05) is 25.1 Å². The van der Waals surface area contributed by atoms with E-state index < -0.39 is 0 Å². The molecule has 7 nitrogen and oxygen atoms in total. The van der Waals surface area contributed by atoms with Crippen LogP contribution in [0.1, 0.15) is 30.5 Å². The zero-order valence-electron chi connectivity index (χ0n) is 11.9. The first-order valence-electron chi connectivity index (χ1n) is 6.74. The Balaban J connectivity index is 2.02. The largest absolute Gasteiger partial charge is 0.508 e. The average molecular weight is 294 g/mol. The molecule has 0 radical (unpaired) electrons. The lowest BCUT2D eigenvalue weighted by Gasteiger charge is -2.22. The maximum absolute atomic E-state index is 10.1. The van der Waals surface area contributed by atoms with Crippen molar-refractivity contribution in [2.24, 2.45) is 5.10 Å². The highest BCUT2D eigenvalue weighted by Gasteiger charge is 2.31. The number of phenols is 1. The number of nitrogens with zero attached hydrogens (tertiary/aromatic N) is 5. The predicted molar refractivity (Wildman–Crippen MR) is 82.2 cm³/mol. The topological polar surface area (TPSA) is 111 Å². The summed E-state index contributed by atoms with van der Waals surface area (Å²) in [4.78, 5) is 8.30. The summed E-state index contributed by atoms with van der Waals surface area (Å²) >= 11 is 0. The third-order valence-corrected chi connectivity index (χ3v) is 3.49. The molecule has 0 amide bonds. The van der Waals surface area contributed by atoms with Crippen molar-refractivity contribution < 1.29 is 5.11 Å². The second-order valence-electron chi connectivity index (χ2n) is 5.04. The fourth-order valence-electron chi connectivity index (χ4n) is 2.44. The quantitative estimate of drug-likeness (QED) is 0.875. The van der Waals surface area contributed by atoms with Gasteiger partial charge in [-0.2, -0.15) is 15.3 Å². The van der Waals surface area contributed by atoms with E-state index in [1.54, 1.807) is 17.1 Å². The number of nitrogen functional groups attached to an aromatic ring is 1. The molecule has 3 rings (SSSR count). The van der Waals surface area contributed by atoms with Crippen LogP contribution < -0.4 is 10.7 Å². The summed E-state index contributed by atoms with van der Waals surface area (Å²) in [5, 5.41) is 25.0. The predicted octanol–water partition coefficient (Wildman–Crippen LogP) is 1.96. The van der Waals surface area contributed by atoms with Crippen LogP contribution >= 0.6 is 0 Å². The Morgan fingerprint density at radius 3 is 2.86 bits per heavy atom. The minimum atomic E-state index is -0.200. The molecule has 3 N–H and O–H groups in total. The fraction of sp³-hybridized carbons (Fsp3) is 0.200. The number of para-hydroxylation sites is 1. The Bertz CT molecular complexity index is 795. The number of hydrogen-bond donors (Lipinski definition) is 2. The molecule has 1 aliphatic rings. The Morgan fingerprint density at radius 2 is 2.18 bits per heavy atom. The average Bonchev–Trinajstić information content (AvgIpc) is 2.89. The van der Waals surface area contributed by atoms with E-state index in [0.717, 1.165) is 11.3 Å². The minimum absolute atomic E-state index is 0.114. The number of anilines is 2. The number of hydrazone groups is 1. The maximum Gasteiger partial charge on any atom is 0.248 e. The van der Waals surface area contributed by atoms with Crippen molar-refractivity contribution in [3.63, 3.8) is 0 Å². The zero-order valence-corrected chi connectivity index (χ0v) is 11.9. The Morgan fingerprint density at radius 1 is 1.41 bits per heavy atom. The standard InChI is InChI=1S/C15H14N6O/c1-9-6-12(11-4-2-3-5-13(11)22)21(20-9)15-18-8-10(7-16)14(17)19-15/h2-5,8,12,22H,6H2,1H3,(H2,17,18,19). The Labute approximate surface area is 127 Å². The molecule has 2 heterocycles. The van der Waals surface area contributed by atoms with Gasteiger partial charge in [0, 0.05) is 17.7 Å². The van der Waals surface area contributed by atoms with Gasteiger partial charge in [0.2, 0.25) is 5.95 Å². The number of rotatable bonds is 2. The first kappa shape index (κ1) is 13.8. The van der Waals surface area contributed by atoms with Gasteiger partial charge in [0.15, 0.2) is 0 Å². The van der Waals surface area contributed by atoms with E-state index in [-0.39, 0.29) is 23.2 Å². The Kier molecular flexibility index (Phi) is 3.35. The van der Waals surface area contributed by atoms with E-state index in [9.17, 15) is 5.11 Å². The van der Waals surface area contributed by atoms with Crippen molar-refractivity contribution >= 4 is 17.5 Å². The minimum Gasteiger partial charge on any atom is -0.508 e. The van der Waals surface area contributed by atoms with Gasteiger partial charge in [-0.05, 0) is 13.0 Å². The van der Waals surface area contributed by atoms with Crippen LogP contribution in [0, 0.1) is 11.3 Å². The molecule has 0 fully saturated rings. The van der Waals surface area contributed by atoms with Gasteiger partial charge in [-0.1, -0.05) is 18.2 Å². The van der Waals surface area contributed by atoms with E-state index in [0.29, 0.717) is 12.4 Å². The van der Waals surface area contributed by atoms with Crippen LogP contribution in [0.15, 0.2) is 35.6 Å². The molecule has 110 valence electrons. The summed E-state index contributed by atoms with van der Waals surface area (Å²) in [6.45, 7) is 1.90. The van der Waals surface area contributed by atoms with Crippen LogP contribution in [-0.4, -0.2) is 20.8 Å². The van der Waals surface area contributed by atoms with Crippen molar-refractivity contribution in [1.82, 2.24) is 9.97 Å². The molecule has 0 spiro atoms. The molecule has 1 aromatic carbocycles. The van der Waals surface area contributed by atoms with Gasteiger partial charge in [0.05, 0.1) is 12.2 Å². The molecule has 22 heavy (non-hydrogen) atoms. The second-order valence-corrected chi connectivity index (χ2v) is 5.04. The van der Waals surface area contributed by atoms with Crippen molar-refractivity contribution in [2.45, 2.75) is 19.4 Å². The van der Waals surface area contributed by atoms with Crippen LogP contribution in [0.4, 0.5) is 11.8 Å². The molecule has 2 aromatic rings. The normalized spacial score (nSPS) is 17.2. The highest BCUT2D eigenvalue weighted by molar-refractivity contribution is 5.86. The first-order valence-corrected chi connectivity index (χ1v) is 6.74. The third-order valence-electron chi connectivity index (χ3n) is 3.49. The highest BCUT2D eigenvalue weighted by atomic mass is 16.3. The number of aromatic nitrogens is 2. The lowest BCUT2D eigenvalue weighted by Crippen LogP contribution is -2.21. The van der Waals surface area contributed by atoms with E-state index in [4.69, 9.17) is 11.0 Å².